The average molecular weight is 579 g/mol. The Balaban J connectivity index is 0.00000137. The van der Waals surface area contributed by atoms with Crippen molar-refractivity contribution in [1.82, 2.24) is 9.13 Å². The number of imidazole rings is 1. The minimum absolute atomic E-state index is 0. The SMILES string of the molecule is C=C[CH2-].CC(C)c1cccc(-n2ccn(C3CCCCCCCCCCC3)[c]2=[Pd])c1C(C)C.Cl. The Kier molecular flexibility index (Phi) is 15.2. The summed E-state index contributed by atoms with van der Waals surface area (Å²) in [5.74, 6) is 1.05. The molecule has 4 heteroatoms. The molecule has 3 rings (SSSR count). The first-order valence-electron chi connectivity index (χ1n) is 13.2. The predicted octanol–water partition coefficient (Wildman–Crippen LogP) is 9.88. The van der Waals surface area contributed by atoms with Gasteiger partial charge in [-0.1, -0.05) is 0 Å². The van der Waals surface area contributed by atoms with Gasteiger partial charge in [0, 0.05) is 0 Å². The van der Waals surface area contributed by atoms with Crippen molar-refractivity contribution in [3.8, 4) is 5.69 Å². The third kappa shape index (κ3) is 8.89. The Morgan fingerprint density at radius 1 is 0.882 bits per heavy atom. The molecule has 0 bridgehead atoms. The predicted molar refractivity (Wildman–Crippen MR) is 148 cm³/mol. The van der Waals surface area contributed by atoms with E-state index in [1.807, 2.05) is 0 Å². The molecule has 1 aromatic carbocycles. The van der Waals surface area contributed by atoms with Gasteiger partial charge >= 0.3 is 195 Å². The Morgan fingerprint density at radius 3 is 1.85 bits per heavy atom. The molecule has 1 aliphatic rings. The largest absolute Gasteiger partial charge is 0.147 e. The van der Waals surface area contributed by atoms with Gasteiger partial charge in [-0.25, -0.2) is 19.6 Å². The van der Waals surface area contributed by atoms with Gasteiger partial charge in [-0.2, -0.15) is 0 Å². The summed E-state index contributed by atoms with van der Waals surface area (Å²) in [5.41, 5.74) is 4.30. The maximum Gasteiger partial charge on any atom is -0.147 e. The van der Waals surface area contributed by atoms with Crippen LogP contribution in [-0.2, 0) is 18.7 Å². The van der Waals surface area contributed by atoms with Gasteiger partial charge in [0.15, 0.2) is 0 Å². The molecule has 0 radical (unpaired) electrons. The van der Waals surface area contributed by atoms with E-state index in [9.17, 15) is 0 Å². The van der Waals surface area contributed by atoms with Crippen molar-refractivity contribution in [3.05, 3.63) is 65.2 Å². The van der Waals surface area contributed by atoms with Crippen LogP contribution in [0.2, 0.25) is 0 Å². The number of aromatic nitrogens is 2. The fraction of sp³-hybridized carbons (Fsp3) is 0.600. The summed E-state index contributed by atoms with van der Waals surface area (Å²) in [5, 5.41) is 0. The molecule has 0 unspecified atom stereocenters. The molecule has 196 valence electrons. The summed E-state index contributed by atoms with van der Waals surface area (Å²) in [6, 6.07) is 7.45. The summed E-state index contributed by atoms with van der Waals surface area (Å²) < 4.78 is 6.15. The van der Waals surface area contributed by atoms with Crippen molar-refractivity contribution in [3.63, 3.8) is 0 Å². The fourth-order valence-corrected chi connectivity index (χ4v) is 5.85. The standard InChI is InChI=1S/C27H42N2.C3H5.ClH.Pd/c1-22(2)25-17-14-18-26(27(25)23(3)4)29-20-19-28(21-29)24-15-12-10-8-6-5-7-9-11-13-16-24;1-3-2;;/h14,17-20,22-24H,5-13,15-16H2,1-4H3;3H,1-2H2;1H;/q;-1;;. The molecule has 2 nitrogen and oxygen atoms in total. The zero-order chi connectivity index (χ0) is 24.2. The van der Waals surface area contributed by atoms with Crippen LogP contribution in [0, 0.1) is 10.8 Å². The molecule has 1 aliphatic carbocycles. The Labute approximate surface area is 226 Å². The normalized spacial score (nSPS) is 16.1. The molecule has 1 saturated carbocycles. The van der Waals surface area contributed by atoms with Gasteiger partial charge in [0.1, 0.15) is 0 Å². The molecule has 34 heavy (non-hydrogen) atoms. The molecule has 0 atom stereocenters. The van der Waals surface area contributed by atoms with E-state index >= 15 is 0 Å². The first-order chi connectivity index (χ1) is 15.9. The first-order valence-corrected chi connectivity index (χ1v) is 14.0. The number of hydrogen-bond donors (Lipinski definition) is 0. The van der Waals surface area contributed by atoms with E-state index in [1.54, 1.807) is 0 Å². The average Bonchev–Trinajstić information content (AvgIpc) is 3.15. The van der Waals surface area contributed by atoms with Crippen LogP contribution >= 0.6 is 12.4 Å². The molecule has 1 aromatic heterocycles. The molecule has 0 spiro atoms. The number of rotatable bonds is 4. The second-order valence-corrected chi connectivity index (χ2v) is 10.8. The van der Waals surface area contributed by atoms with Crippen LogP contribution in [0.5, 0.6) is 0 Å². The van der Waals surface area contributed by atoms with Crippen LogP contribution in [0.3, 0.4) is 0 Å². The smallest absolute Gasteiger partial charge is 0.147 e. The van der Waals surface area contributed by atoms with Crippen LogP contribution in [0.15, 0.2) is 43.2 Å². The van der Waals surface area contributed by atoms with Crippen LogP contribution in [-0.4, -0.2) is 9.13 Å². The van der Waals surface area contributed by atoms with E-state index in [0.29, 0.717) is 17.9 Å². The number of nitrogens with zero attached hydrogens (tertiary/aromatic N) is 2. The van der Waals surface area contributed by atoms with Crippen LogP contribution in [0.1, 0.15) is 127 Å². The van der Waals surface area contributed by atoms with Crippen molar-refractivity contribution in [2.45, 2.75) is 116 Å². The summed E-state index contributed by atoms with van der Waals surface area (Å²) >= 11 is 3.67. The van der Waals surface area contributed by atoms with E-state index in [4.69, 9.17) is 0 Å². The quantitative estimate of drug-likeness (QED) is 0.252. The molecule has 2 aromatic rings. The minimum atomic E-state index is 0. The number of halogens is 1. The fourth-order valence-electron chi connectivity index (χ4n) is 5.14. The van der Waals surface area contributed by atoms with Crippen molar-refractivity contribution in [2.24, 2.45) is 0 Å². The Morgan fingerprint density at radius 2 is 1.38 bits per heavy atom. The van der Waals surface area contributed by atoms with Crippen molar-refractivity contribution >= 4 is 12.4 Å². The summed E-state index contributed by atoms with van der Waals surface area (Å²) in [6.07, 6.45) is 21.4. The zero-order valence-corrected chi connectivity index (χ0v) is 24.4. The van der Waals surface area contributed by atoms with E-state index in [2.05, 4.69) is 99.7 Å². The molecule has 0 saturated heterocycles. The van der Waals surface area contributed by atoms with Gasteiger partial charge in [0.25, 0.3) is 0 Å². The minimum Gasteiger partial charge on any atom is -0.147 e. The van der Waals surface area contributed by atoms with E-state index in [1.165, 1.54) is 97.4 Å². The summed E-state index contributed by atoms with van der Waals surface area (Å²) in [7, 11) is 0. The maximum absolute atomic E-state index is 3.67. The number of allylic oxidation sites excluding steroid dienone is 1. The molecular weight excluding hydrogens is 530 g/mol. The van der Waals surface area contributed by atoms with Crippen LogP contribution in [0.4, 0.5) is 0 Å². The van der Waals surface area contributed by atoms with Crippen molar-refractivity contribution in [2.75, 3.05) is 0 Å². The van der Waals surface area contributed by atoms with Gasteiger partial charge in [0.2, 0.25) is 0 Å². The molecule has 0 amide bonds. The number of hydrogen-bond acceptors (Lipinski definition) is 0. The number of benzene rings is 1. The third-order valence-corrected chi connectivity index (χ3v) is 7.58. The van der Waals surface area contributed by atoms with E-state index in [-0.39, 0.29) is 12.4 Å². The van der Waals surface area contributed by atoms with Gasteiger partial charge in [-0.05, 0) is 0 Å². The molecule has 0 aliphatic heterocycles. The Hall–Kier alpha value is -1.01. The summed E-state index contributed by atoms with van der Waals surface area (Å²) in [6.45, 7) is 15.8. The van der Waals surface area contributed by atoms with Gasteiger partial charge in [0.05, 0.1) is 0 Å². The topological polar surface area (TPSA) is 9.86 Å². The molecular formula is C30H48ClN2Pd-. The van der Waals surface area contributed by atoms with Crippen LogP contribution in [0.25, 0.3) is 5.69 Å². The van der Waals surface area contributed by atoms with Crippen LogP contribution < -0.4 is 0 Å². The third-order valence-electron chi connectivity index (χ3n) is 6.80. The first kappa shape index (κ1) is 31.0. The van der Waals surface area contributed by atoms with Crippen molar-refractivity contribution < 1.29 is 18.7 Å². The summed E-state index contributed by atoms with van der Waals surface area (Å²) in [4.78, 5) is 0. The molecule has 1 heterocycles. The van der Waals surface area contributed by atoms with Crippen molar-refractivity contribution in [1.29, 1.82) is 0 Å². The maximum atomic E-state index is 3.67. The van der Waals surface area contributed by atoms with Gasteiger partial charge in [-0.15, -0.1) is 12.4 Å². The monoisotopic (exact) mass is 577 g/mol. The Bertz CT molecular complexity index is 881. The second kappa shape index (κ2) is 16.6. The van der Waals surface area contributed by atoms with Gasteiger partial charge < -0.3 is 0 Å². The molecule has 0 N–H and O–H groups in total. The second-order valence-electron chi connectivity index (χ2n) is 10.1. The van der Waals surface area contributed by atoms with E-state index < -0.39 is 0 Å². The molecule has 1 fully saturated rings. The zero-order valence-electron chi connectivity index (χ0n) is 22.0. The van der Waals surface area contributed by atoms with Gasteiger partial charge in [-0.3, -0.25) is 0 Å². The van der Waals surface area contributed by atoms with E-state index in [0.717, 1.165) is 0 Å².